The van der Waals surface area contributed by atoms with E-state index in [0.29, 0.717) is 11.1 Å². The Morgan fingerprint density at radius 1 is 0.537 bits per heavy atom. The van der Waals surface area contributed by atoms with Gasteiger partial charge in [-0.2, -0.15) is 0 Å². The van der Waals surface area contributed by atoms with Gasteiger partial charge in [0.2, 0.25) is 22.4 Å². The van der Waals surface area contributed by atoms with Gasteiger partial charge in [-0.25, -0.2) is 0 Å². The molecule has 0 saturated heterocycles. The molecule has 0 amide bonds. The van der Waals surface area contributed by atoms with Gasteiger partial charge in [-0.3, -0.25) is 19.2 Å². The van der Waals surface area contributed by atoms with Gasteiger partial charge in [-0.05, 0) is 12.1 Å². The number of carbonyl (C=O) groups is 2. The van der Waals surface area contributed by atoms with E-state index in [1.165, 1.54) is 36.4 Å². The van der Waals surface area contributed by atoms with E-state index in [2.05, 4.69) is 0 Å². The number of ketones is 2. The van der Waals surface area contributed by atoms with E-state index in [-0.39, 0.29) is 44.6 Å². The molecule has 0 bridgehead atoms. The van der Waals surface area contributed by atoms with Crippen molar-refractivity contribution in [1.29, 1.82) is 0 Å². The number of fused-ring (bicyclic) bond motifs is 2. The van der Waals surface area contributed by atoms with Crippen molar-refractivity contribution >= 4 is 33.5 Å². The Morgan fingerprint density at radius 3 is 1.32 bits per heavy atom. The highest BCUT2D eigenvalue weighted by Crippen LogP contribution is 2.33. The Balaban J connectivity index is 1.40. The average Bonchev–Trinajstić information content (AvgIpc) is 3.00. The topological polar surface area (TPSA) is 135 Å². The molecule has 0 aliphatic heterocycles. The number of aromatic hydroxyl groups is 2. The van der Waals surface area contributed by atoms with E-state index in [1.54, 1.807) is 60.7 Å². The van der Waals surface area contributed by atoms with Crippen LogP contribution in [0.2, 0.25) is 0 Å². The third-order valence-electron chi connectivity index (χ3n) is 6.78. The van der Waals surface area contributed by atoms with Gasteiger partial charge in [0.05, 0.1) is 17.2 Å². The molecule has 200 valence electrons. The molecular formula is C33H20O8. The number of Topliss-reactive ketones (excluding diaryl/α,β-unsaturated/α-hetero) is 2. The van der Waals surface area contributed by atoms with Crippen molar-refractivity contribution < 1.29 is 28.6 Å². The maximum absolute atomic E-state index is 13.4. The number of benzene rings is 4. The van der Waals surface area contributed by atoms with E-state index in [0.717, 1.165) is 0 Å². The monoisotopic (exact) mass is 544 g/mol. The lowest BCUT2D eigenvalue weighted by atomic mass is 9.96. The molecule has 0 aliphatic rings. The zero-order valence-electron chi connectivity index (χ0n) is 21.3. The lowest BCUT2D eigenvalue weighted by molar-refractivity contribution is 0.0896. The maximum Gasteiger partial charge on any atom is 0.235 e. The first-order chi connectivity index (χ1) is 19.8. The highest BCUT2D eigenvalue weighted by molar-refractivity contribution is 6.20. The summed E-state index contributed by atoms with van der Waals surface area (Å²) in [7, 11) is 0. The van der Waals surface area contributed by atoms with Crippen LogP contribution in [0.3, 0.4) is 0 Å². The minimum absolute atomic E-state index is 0.0408. The molecule has 8 nitrogen and oxygen atoms in total. The first-order valence-corrected chi connectivity index (χ1v) is 12.6. The Hall–Kier alpha value is -5.76. The summed E-state index contributed by atoms with van der Waals surface area (Å²) in [5.41, 5.74) is -0.768. The predicted octanol–water partition coefficient (Wildman–Crippen LogP) is 6.10. The van der Waals surface area contributed by atoms with Gasteiger partial charge in [-0.15, -0.1) is 0 Å². The quantitative estimate of drug-likeness (QED) is 0.190. The first kappa shape index (κ1) is 25.5. The molecule has 0 unspecified atom stereocenters. The van der Waals surface area contributed by atoms with E-state index in [4.69, 9.17) is 8.83 Å². The van der Waals surface area contributed by atoms with Gasteiger partial charge >= 0.3 is 0 Å². The zero-order chi connectivity index (χ0) is 28.7. The fourth-order valence-corrected chi connectivity index (χ4v) is 4.83. The summed E-state index contributed by atoms with van der Waals surface area (Å²) >= 11 is 0. The molecule has 0 aliphatic carbocycles. The van der Waals surface area contributed by atoms with Crippen molar-refractivity contribution in [3.63, 3.8) is 0 Å². The van der Waals surface area contributed by atoms with E-state index < -0.39 is 40.3 Å². The van der Waals surface area contributed by atoms with Crippen LogP contribution in [0.25, 0.3) is 44.6 Å². The van der Waals surface area contributed by atoms with Crippen molar-refractivity contribution in [3.8, 4) is 34.1 Å². The Labute approximate surface area is 231 Å². The minimum Gasteiger partial charge on any atom is -0.502 e. The average molecular weight is 545 g/mol. The second-order valence-corrected chi connectivity index (χ2v) is 9.33. The maximum atomic E-state index is 13.4. The van der Waals surface area contributed by atoms with Crippen molar-refractivity contribution in [2.24, 2.45) is 0 Å². The summed E-state index contributed by atoms with van der Waals surface area (Å²) in [5, 5.41) is 21.0. The van der Waals surface area contributed by atoms with Gasteiger partial charge in [0.25, 0.3) is 0 Å². The Bertz CT molecular complexity index is 1950. The van der Waals surface area contributed by atoms with Gasteiger partial charge < -0.3 is 19.0 Å². The molecule has 2 heterocycles. The molecule has 0 spiro atoms. The SMILES string of the molecule is O=C(CC(=O)c1cccc2oc(-c3ccccc3)c(O)c(=O)c12)c1cccc2oc(-c3ccccc3)c(O)c(=O)c12. The standard InChI is InChI=1S/C33H20O8/c34-22(20-13-7-15-24-26(20)28(36)30(38)32(40-24)18-9-3-1-4-10-18)17-23(35)21-14-8-16-25-27(21)29(37)31(39)33(41-25)19-11-5-2-6-12-19/h1-16,38-39H,17H2. The first-order valence-electron chi connectivity index (χ1n) is 12.6. The minimum atomic E-state index is -0.814. The fourth-order valence-electron chi connectivity index (χ4n) is 4.83. The normalized spacial score (nSPS) is 11.1. The van der Waals surface area contributed by atoms with Gasteiger partial charge in [0.1, 0.15) is 11.2 Å². The summed E-state index contributed by atoms with van der Waals surface area (Å²) in [6, 6.07) is 25.8. The summed E-state index contributed by atoms with van der Waals surface area (Å²) in [6.07, 6.45) is -0.695. The summed E-state index contributed by atoms with van der Waals surface area (Å²) in [6.45, 7) is 0. The number of carbonyl (C=O) groups excluding carboxylic acids is 2. The van der Waals surface area contributed by atoms with Gasteiger partial charge in [0.15, 0.2) is 23.1 Å². The van der Waals surface area contributed by atoms with Crippen LogP contribution in [-0.4, -0.2) is 21.8 Å². The van der Waals surface area contributed by atoms with Crippen LogP contribution in [0.4, 0.5) is 0 Å². The summed E-state index contributed by atoms with van der Waals surface area (Å²) < 4.78 is 11.6. The van der Waals surface area contributed by atoms with Crippen LogP contribution in [0.1, 0.15) is 27.1 Å². The van der Waals surface area contributed by atoms with Crippen LogP contribution in [0, 0.1) is 0 Å². The molecule has 6 rings (SSSR count). The second-order valence-electron chi connectivity index (χ2n) is 9.33. The molecule has 0 atom stereocenters. The molecule has 0 radical (unpaired) electrons. The van der Waals surface area contributed by atoms with Crippen molar-refractivity contribution in [2.75, 3.05) is 0 Å². The Morgan fingerprint density at radius 2 is 0.927 bits per heavy atom. The lowest BCUT2D eigenvalue weighted by Gasteiger charge is -2.10. The molecule has 4 aromatic carbocycles. The molecule has 8 heteroatoms. The summed E-state index contributed by atoms with van der Waals surface area (Å²) in [4.78, 5) is 53.1. The lowest BCUT2D eigenvalue weighted by Crippen LogP contribution is -2.15. The number of hydrogen-bond donors (Lipinski definition) is 2. The van der Waals surface area contributed by atoms with Crippen LogP contribution in [-0.2, 0) is 0 Å². The highest BCUT2D eigenvalue weighted by Gasteiger charge is 2.25. The second kappa shape index (κ2) is 10.1. The van der Waals surface area contributed by atoms with E-state index in [1.807, 2.05) is 0 Å². The summed E-state index contributed by atoms with van der Waals surface area (Å²) in [5.74, 6) is -2.84. The van der Waals surface area contributed by atoms with Crippen molar-refractivity contribution in [1.82, 2.24) is 0 Å². The molecule has 2 aromatic heterocycles. The van der Waals surface area contributed by atoms with E-state index in [9.17, 15) is 29.4 Å². The highest BCUT2D eigenvalue weighted by atomic mass is 16.4. The zero-order valence-corrected chi connectivity index (χ0v) is 21.3. The molecule has 0 fully saturated rings. The molecule has 0 saturated carbocycles. The van der Waals surface area contributed by atoms with Crippen LogP contribution >= 0.6 is 0 Å². The molecule has 41 heavy (non-hydrogen) atoms. The third-order valence-corrected chi connectivity index (χ3v) is 6.78. The third kappa shape index (κ3) is 4.37. The Kier molecular flexibility index (Phi) is 6.28. The van der Waals surface area contributed by atoms with Crippen molar-refractivity contribution in [2.45, 2.75) is 6.42 Å². The van der Waals surface area contributed by atoms with Gasteiger partial charge in [0, 0.05) is 22.3 Å². The largest absolute Gasteiger partial charge is 0.502 e. The molecule has 6 aromatic rings. The van der Waals surface area contributed by atoms with Crippen LogP contribution < -0.4 is 10.9 Å². The molecular weight excluding hydrogens is 524 g/mol. The smallest absolute Gasteiger partial charge is 0.235 e. The number of hydrogen-bond acceptors (Lipinski definition) is 8. The van der Waals surface area contributed by atoms with Gasteiger partial charge in [-0.1, -0.05) is 84.9 Å². The van der Waals surface area contributed by atoms with Crippen molar-refractivity contribution in [3.05, 3.63) is 129 Å². The van der Waals surface area contributed by atoms with Crippen LogP contribution in [0.15, 0.2) is 115 Å². The molecule has 2 N–H and O–H groups in total. The number of rotatable bonds is 6. The van der Waals surface area contributed by atoms with Crippen LogP contribution in [0.5, 0.6) is 11.5 Å². The fraction of sp³-hybridized carbons (Fsp3) is 0.0303. The van der Waals surface area contributed by atoms with E-state index >= 15 is 0 Å². The predicted molar refractivity (Wildman–Crippen MR) is 152 cm³/mol.